The fourth-order valence-corrected chi connectivity index (χ4v) is 5.11. The van der Waals surface area contributed by atoms with Crippen LogP contribution in [-0.4, -0.2) is 30.6 Å². The molecule has 4 nitrogen and oxygen atoms in total. The molecule has 142 valence electrons. The second-order valence-electron chi connectivity index (χ2n) is 6.84. The first-order chi connectivity index (χ1) is 13.7. The number of ether oxygens (including phenoxy) is 1. The number of likely N-dealkylation sites (N-methyl/N-ethyl adjacent to an activating group) is 1. The summed E-state index contributed by atoms with van der Waals surface area (Å²) in [5.74, 6) is 1.60. The second kappa shape index (κ2) is 8.36. The summed E-state index contributed by atoms with van der Waals surface area (Å²) in [5, 5.41) is 15.0. The lowest BCUT2D eigenvalue weighted by Gasteiger charge is -2.27. The van der Waals surface area contributed by atoms with Gasteiger partial charge in [-0.2, -0.15) is 16.6 Å². The third kappa shape index (κ3) is 3.79. The molecule has 0 spiro atoms. The highest BCUT2D eigenvalue weighted by Gasteiger charge is 2.25. The number of fused-ring (bicyclic) bond motifs is 1. The van der Waals surface area contributed by atoms with E-state index in [1.807, 2.05) is 18.2 Å². The molecular weight excluding hydrogens is 386 g/mol. The van der Waals surface area contributed by atoms with E-state index in [1.54, 1.807) is 30.2 Å². The maximum Gasteiger partial charge on any atom is 0.119 e. The van der Waals surface area contributed by atoms with Crippen LogP contribution >= 0.6 is 23.1 Å². The van der Waals surface area contributed by atoms with Gasteiger partial charge in [0, 0.05) is 36.5 Å². The zero-order valence-electron chi connectivity index (χ0n) is 15.9. The van der Waals surface area contributed by atoms with Crippen LogP contribution in [0.2, 0.25) is 0 Å². The van der Waals surface area contributed by atoms with E-state index in [0.717, 1.165) is 58.4 Å². The Morgan fingerprint density at radius 3 is 3.00 bits per heavy atom. The van der Waals surface area contributed by atoms with Gasteiger partial charge in [0.2, 0.25) is 0 Å². The van der Waals surface area contributed by atoms with Crippen molar-refractivity contribution in [3.8, 4) is 22.9 Å². The molecule has 0 fully saturated rings. The topological polar surface area (TPSA) is 49.1 Å². The molecule has 0 saturated heterocycles. The molecule has 1 aliphatic heterocycles. The lowest BCUT2D eigenvalue weighted by atomic mass is 9.93. The molecule has 4 rings (SSSR count). The molecule has 0 saturated carbocycles. The van der Waals surface area contributed by atoms with Crippen molar-refractivity contribution in [2.75, 3.05) is 20.7 Å². The van der Waals surface area contributed by atoms with Gasteiger partial charge in [0.05, 0.1) is 12.7 Å². The Morgan fingerprint density at radius 2 is 2.25 bits per heavy atom. The van der Waals surface area contributed by atoms with Gasteiger partial charge in [-0.1, -0.05) is 12.1 Å². The van der Waals surface area contributed by atoms with E-state index in [0.29, 0.717) is 5.56 Å². The molecule has 28 heavy (non-hydrogen) atoms. The number of pyridine rings is 1. The van der Waals surface area contributed by atoms with Crippen molar-refractivity contribution in [3.63, 3.8) is 0 Å². The van der Waals surface area contributed by atoms with E-state index in [9.17, 15) is 5.26 Å². The van der Waals surface area contributed by atoms with Gasteiger partial charge in [0.15, 0.2) is 0 Å². The fraction of sp³-hybridized carbons (Fsp3) is 0.273. The molecule has 6 heteroatoms. The van der Waals surface area contributed by atoms with Gasteiger partial charge in [-0.25, -0.2) is 4.98 Å². The van der Waals surface area contributed by atoms with Crippen molar-refractivity contribution in [1.29, 1.82) is 5.26 Å². The van der Waals surface area contributed by atoms with Crippen LogP contribution in [0.25, 0.3) is 11.1 Å². The number of methoxy groups -OCH3 is 1. The van der Waals surface area contributed by atoms with Crippen molar-refractivity contribution < 1.29 is 4.74 Å². The summed E-state index contributed by atoms with van der Waals surface area (Å²) in [6.45, 7) is 1.83. The first-order valence-electron chi connectivity index (χ1n) is 9.12. The number of nitrogens with zero attached hydrogens (tertiary/aromatic N) is 3. The van der Waals surface area contributed by atoms with Crippen LogP contribution in [-0.2, 0) is 18.7 Å². The van der Waals surface area contributed by atoms with E-state index in [2.05, 4.69) is 40.9 Å². The molecule has 1 aromatic carbocycles. The van der Waals surface area contributed by atoms with Crippen molar-refractivity contribution in [2.24, 2.45) is 0 Å². The minimum atomic E-state index is 0.695. The third-order valence-electron chi connectivity index (χ3n) is 4.94. The molecule has 3 aromatic rings. The number of nitriles is 1. The Bertz CT molecular complexity index is 1030. The highest BCUT2D eigenvalue weighted by Crippen LogP contribution is 2.38. The van der Waals surface area contributed by atoms with Gasteiger partial charge in [-0.3, -0.25) is 0 Å². The quantitative estimate of drug-likeness (QED) is 0.559. The summed E-state index contributed by atoms with van der Waals surface area (Å²) in [4.78, 5) is 7.23. The summed E-state index contributed by atoms with van der Waals surface area (Å²) < 4.78 is 5.32. The van der Waals surface area contributed by atoms with Crippen LogP contribution in [0.4, 0.5) is 0 Å². The zero-order valence-corrected chi connectivity index (χ0v) is 17.6. The predicted octanol–water partition coefficient (Wildman–Crippen LogP) is 4.97. The number of hydrogen-bond donors (Lipinski definition) is 0. The maximum absolute atomic E-state index is 10.0. The van der Waals surface area contributed by atoms with Crippen molar-refractivity contribution >= 4 is 23.1 Å². The summed E-state index contributed by atoms with van der Waals surface area (Å²) >= 11 is 3.29. The highest BCUT2D eigenvalue weighted by atomic mass is 32.2. The summed E-state index contributed by atoms with van der Waals surface area (Å²) in [6.07, 6.45) is 0.918. The van der Waals surface area contributed by atoms with Gasteiger partial charge in [-0.15, -0.1) is 11.8 Å². The van der Waals surface area contributed by atoms with Crippen LogP contribution in [0.1, 0.15) is 22.4 Å². The monoisotopic (exact) mass is 407 g/mol. The molecule has 0 unspecified atom stereocenters. The predicted molar refractivity (Wildman–Crippen MR) is 115 cm³/mol. The van der Waals surface area contributed by atoms with Crippen molar-refractivity contribution in [1.82, 2.24) is 9.88 Å². The molecule has 0 bridgehead atoms. The summed E-state index contributed by atoms with van der Waals surface area (Å²) in [6, 6.07) is 12.6. The SMILES string of the molecule is COc1cccc(CSc2nc3c(c(-c4ccsc4)c2C#N)CN(C)CC3)c1. The number of thiophene rings is 1. The molecule has 1 aliphatic rings. The van der Waals surface area contributed by atoms with Gasteiger partial charge >= 0.3 is 0 Å². The zero-order chi connectivity index (χ0) is 19.5. The normalized spacial score (nSPS) is 13.8. The largest absolute Gasteiger partial charge is 0.497 e. The molecule has 2 aromatic heterocycles. The lowest BCUT2D eigenvalue weighted by molar-refractivity contribution is 0.309. The van der Waals surface area contributed by atoms with Gasteiger partial charge in [-0.05, 0) is 52.7 Å². The van der Waals surface area contributed by atoms with E-state index < -0.39 is 0 Å². The van der Waals surface area contributed by atoms with Crippen molar-refractivity contribution in [2.45, 2.75) is 23.7 Å². The van der Waals surface area contributed by atoms with Crippen LogP contribution in [0.3, 0.4) is 0 Å². The van der Waals surface area contributed by atoms with Gasteiger partial charge in [0.1, 0.15) is 16.8 Å². The Hall–Kier alpha value is -2.33. The van der Waals surface area contributed by atoms with E-state index in [-0.39, 0.29) is 0 Å². The Labute approximate surface area is 173 Å². The minimum Gasteiger partial charge on any atom is -0.497 e. The van der Waals surface area contributed by atoms with Crippen LogP contribution < -0.4 is 4.74 Å². The maximum atomic E-state index is 10.0. The average Bonchev–Trinajstić information content (AvgIpc) is 3.25. The van der Waals surface area contributed by atoms with E-state index in [4.69, 9.17) is 9.72 Å². The molecule has 0 amide bonds. The number of benzene rings is 1. The summed E-state index contributed by atoms with van der Waals surface area (Å²) in [5.41, 5.74) is 6.37. The molecule has 0 aliphatic carbocycles. The Balaban J connectivity index is 1.75. The molecule has 0 radical (unpaired) electrons. The number of thioether (sulfide) groups is 1. The smallest absolute Gasteiger partial charge is 0.119 e. The van der Waals surface area contributed by atoms with Gasteiger partial charge < -0.3 is 9.64 Å². The first kappa shape index (κ1) is 19.0. The molecule has 3 heterocycles. The van der Waals surface area contributed by atoms with Crippen LogP contribution in [0.15, 0.2) is 46.1 Å². The third-order valence-corrected chi connectivity index (χ3v) is 6.67. The highest BCUT2D eigenvalue weighted by molar-refractivity contribution is 7.98. The van der Waals surface area contributed by atoms with E-state index >= 15 is 0 Å². The Kier molecular flexibility index (Phi) is 5.67. The molecule has 0 N–H and O–H groups in total. The lowest BCUT2D eigenvalue weighted by Crippen LogP contribution is -2.28. The number of hydrogen-bond acceptors (Lipinski definition) is 6. The van der Waals surface area contributed by atoms with Crippen LogP contribution in [0, 0.1) is 11.3 Å². The van der Waals surface area contributed by atoms with Gasteiger partial charge in [0.25, 0.3) is 0 Å². The molecule has 0 atom stereocenters. The average molecular weight is 408 g/mol. The number of rotatable bonds is 5. The van der Waals surface area contributed by atoms with Crippen molar-refractivity contribution in [3.05, 3.63) is 63.5 Å². The van der Waals surface area contributed by atoms with Crippen LogP contribution in [0.5, 0.6) is 5.75 Å². The summed E-state index contributed by atoms with van der Waals surface area (Å²) in [7, 11) is 3.80. The van der Waals surface area contributed by atoms with E-state index in [1.165, 1.54) is 5.56 Å². The standard InChI is InChI=1S/C22H21N3OS2/c1-25-8-6-20-19(12-25)21(16-7-9-27-14-16)18(11-23)22(24-20)28-13-15-4-3-5-17(10-15)26-2/h3-5,7,9-10,14H,6,8,12-13H2,1-2H3. The first-order valence-corrected chi connectivity index (χ1v) is 11.0. The minimum absolute atomic E-state index is 0.695. The second-order valence-corrected chi connectivity index (χ2v) is 8.59. The molecular formula is C22H21N3OS2. The Morgan fingerprint density at radius 1 is 1.36 bits per heavy atom. The number of aromatic nitrogens is 1. The fourth-order valence-electron chi connectivity index (χ4n) is 3.52.